The fraction of sp³-hybridized carbons (Fsp3) is 0.333. The van der Waals surface area contributed by atoms with Crippen LogP contribution in [0.5, 0.6) is 5.75 Å². The maximum absolute atomic E-state index is 13.1. The summed E-state index contributed by atoms with van der Waals surface area (Å²) in [5.74, 6) is -0.102. The van der Waals surface area contributed by atoms with E-state index < -0.39 is 5.91 Å². The standard InChI is InChI=1S/C33H38N2O4/c1-3-5-10-23(4-2)22-39-18-9-17-34-32(37)26-16-15-25-21-31(36)29(20-27(25)19-26)33(38)35-30-14-8-12-24-11-6-7-13-28(24)30/h6-8,11-16,19-21,23,36H,3-5,9-10,17-18,22H2,1-2H3,(H,34,37)(H,35,38). The molecule has 4 aromatic rings. The van der Waals surface area contributed by atoms with E-state index in [9.17, 15) is 14.7 Å². The molecule has 204 valence electrons. The number of aromatic hydroxyl groups is 1. The van der Waals surface area contributed by atoms with Crippen molar-refractivity contribution in [2.75, 3.05) is 25.1 Å². The van der Waals surface area contributed by atoms with Gasteiger partial charge in [0.05, 0.1) is 5.56 Å². The summed E-state index contributed by atoms with van der Waals surface area (Å²) >= 11 is 0. The van der Waals surface area contributed by atoms with Crippen molar-refractivity contribution < 1.29 is 19.4 Å². The molecule has 0 saturated carbocycles. The molecule has 0 aliphatic heterocycles. The quantitative estimate of drug-likeness (QED) is 0.160. The Morgan fingerprint density at radius 2 is 1.69 bits per heavy atom. The number of amides is 2. The molecule has 4 aromatic carbocycles. The summed E-state index contributed by atoms with van der Waals surface area (Å²) in [7, 11) is 0. The lowest BCUT2D eigenvalue weighted by Crippen LogP contribution is -2.25. The number of nitrogens with one attached hydrogen (secondary N) is 2. The number of unbranched alkanes of at least 4 members (excludes halogenated alkanes) is 1. The van der Waals surface area contributed by atoms with Gasteiger partial charge in [0.1, 0.15) is 5.75 Å². The van der Waals surface area contributed by atoms with E-state index in [4.69, 9.17) is 4.74 Å². The monoisotopic (exact) mass is 526 g/mol. The van der Waals surface area contributed by atoms with Crippen molar-refractivity contribution in [2.45, 2.75) is 46.0 Å². The molecule has 0 aromatic heterocycles. The van der Waals surface area contributed by atoms with Crippen LogP contribution in [0.1, 0.15) is 66.7 Å². The average molecular weight is 527 g/mol. The molecule has 0 spiro atoms. The van der Waals surface area contributed by atoms with Crippen molar-refractivity contribution in [1.82, 2.24) is 5.32 Å². The van der Waals surface area contributed by atoms with E-state index in [1.54, 1.807) is 30.3 Å². The van der Waals surface area contributed by atoms with E-state index in [-0.39, 0.29) is 17.2 Å². The SMILES string of the molecule is CCCCC(CC)COCCCNC(=O)c1ccc2cc(O)c(C(=O)Nc3cccc4ccccc34)cc2c1. The molecule has 2 amide bonds. The third-order valence-corrected chi connectivity index (χ3v) is 7.15. The zero-order valence-electron chi connectivity index (χ0n) is 22.8. The van der Waals surface area contributed by atoms with Gasteiger partial charge in [0.2, 0.25) is 0 Å². The van der Waals surface area contributed by atoms with Gasteiger partial charge in [-0.25, -0.2) is 0 Å². The molecule has 1 unspecified atom stereocenters. The van der Waals surface area contributed by atoms with Gasteiger partial charge in [-0.2, -0.15) is 0 Å². The minimum absolute atomic E-state index is 0.113. The third kappa shape index (κ3) is 7.36. The van der Waals surface area contributed by atoms with Gasteiger partial charge < -0.3 is 20.5 Å². The summed E-state index contributed by atoms with van der Waals surface area (Å²) in [5.41, 5.74) is 1.32. The molecule has 0 aliphatic rings. The van der Waals surface area contributed by atoms with Crippen LogP contribution in [0.15, 0.2) is 72.8 Å². The van der Waals surface area contributed by atoms with Gasteiger partial charge in [0, 0.05) is 36.4 Å². The number of rotatable bonds is 13. The summed E-state index contributed by atoms with van der Waals surface area (Å²) in [6, 6.07) is 21.9. The van der Waals surface area contributed by atoms with Crippen LogP contribution >= 0.6 is 0 Å². The number of benzene rings is 4. The summed E-state index contributed by atoms with van der Waals surface area (Å²) in [5, 5.41) is 19.8. The van der Waals surface area contributed by atoms with Crippen molar-refractivity contribution in [3.63, 3.8) is 0 Å². The zero-order valence-corrected chi connectivity index (χ0v) is 22.8. The second-order valence-electron chi connectivity index (χ2n) is 10.0. The Bertz CT molecular complexity index is 1430. The van der Waals surface area contributed by atoms with Gasteiger partial charge in [-0.3, -0.25) is 9.59 Å². The second kappa shape index (κ2) is 13.8. The Morgan fingerprint density at radius 1 is 0.872 bits per heavy atom. The lowest BCUT2D eigenvalue weighted by atomic mass is 10.0. The van der Waals surface area contributed by atoms with Crippen LogP contribution in [0.2, 0.25) is 0 Å². The molecule has 0 aliphatic carbocycles. The first-order valence-electron chi connectivity index (χ1n) is 13.9. The largest absolute Gasteiger partial charge is 0.507 e. The van der Waals surface area contributed by atoms with Crippen molar-refractivity contribution in [1.29, 1.82) is 0 Å². The third-order valence-electron chi connectivity index (χ3n) is 7.15. The molecule has 1 atom stereocenters. The average Bonchev–Trinajstić information content (AvgIpc) is 2.95. The summed E-state index contributed by atoms with van der Waals surface area (Å²) < 4.78 is 5.83. The highest BCUT2D eigenvalue weighted by molar-refractivity contribution is 6.12. The van der Waals surface area contributed by atoms with Crippen LogP contribution in [0.4, 0.5) is 5.69 Å². The Kier molecular flexibility index (Phi) is 9.92. The number of phenolic OH excluding ortho intramolecular Hbond substituents is 1. The molecule has 0 radical (unpaired) electrons. The maximum Gasteiger partial charge on any atom is 0.259 e. The van der Waals surface area contributed by atoms with Gasteiger partial charge in [-0.05, 0) is 65.3 Å². The molecule has 0 bridgehead atoms. The van der Waals surface area contributed by atoms with Crippen LogP contribution in [0.3, 0.4) is 0 Å². The Balaban J connectivity index is 1.37. The first-order chi connectivity index (χ1) is 19.0. The van der Waals surface area contributed by atoms with E-state index in [2.05, 4.69) is 24.5 Å². The fourth-order valence-corrected chi connectivity index (χ4v) is 4.76. The molecular weight excluding hydrogens is 488 g/mol. The minimum Gasteiger partial charge on any atom is -0.507 e. The Morgan fingerprint density at radius 3 is 2.51 bits per heavy atom. The van der Waals surface area contributed by atoms with Crippen molar-refractivity contribution in [3.8, 4) is 5.75 Å². The van der Waals surface area contributed by atoms with Crippen LogP contribution in [0.25, 0.3) is 21.5 Å². The lowest BCUT2D eigenvalue weighted by molar-refractivity contribution is 0.0875. The van der Waals surface area contributed by atoms with Gasteiger partial charge in [0.15, 0.2) is 0 Å². The zero-order chi connectivity index (χ0) is 27.6. The van der Waals surface area contributed by atoms with Crippen molar-refractivity contribution in [2.24, 2.45) is 5.92 Å². The minimum atomic E-state index is -0.416. The van der Waals surface area contributed by atoms with Crippen LogP contribution in [-0.4, -0.2) is 36.7 Å². The molecule has 3 N–H and O–H groups in total. The maximum atomic E-state index is 13.1. The number of ether oxygens (including phenoxy) is 1. The van der Waals surface area contributed by atoms with E-state index in [0.717, 1.165) is 35.6 Å². The predicted octanol–water partition coefficient (Wildman–Crippen LogP) is 7.30. The number of hydrogen-bond acceptors (Lipinski definition) is 4. The molecule has 4 rings (SSSR count). The summed E-state index contributed by atoms with van der Waals surface area (Å²) in [6.07, 6.45) is 5.52. The first-order valence-corrected chi connectivity index (χ1v) is 13.9. The number of fused-ring (bicyclic) bond motifs is 2. The van der Waals surface area contributed by atoms with Gasteiger partial charge in [0.25, 0.3) is 11.8 Å². The van der Waals surface area contributed by atoms with Crippen LogP contribution < -0.4 is 10.6 Å². The van der Waals surface area contributed by atoms with Gasteiger partial charge in [-0.1, -0.05) is 75.6 Å². The highest BCUT2D eigenvalue weighted by atomic mass is 16.5. The van der Waals surface area contributed by atoms with Crippen LogP contribution in [0, 0.1) is 5.92 Å². The van der Waals surface area contributed by atoms with Gasteiger partial charge >= 0.3 is 0 Å². The molecule has 0 fully saturated rings. The highest BCUT2D eigenvalue weighted by Crippen LogP contribution is 2.29. The van der Waals surface area contributed by atoms with E-state index in [1.807, 2.05) is 42.5 Å². The number of carbonyl (C=O) groups is 2. The summed E-state index contributed by atoms with van der Waals surface area (Å²) in [4.78, 5) is 25.9. The number of anilines is 1. The molecule has 39 heavy (non-hydrogen) atoms. The highest BCUT2D eigenvalue weighted by Gasteiger charge is 2.15. The smallest absolute Gasteiger partial charge is 0.259 e. The summed E-state index contributed by atoms with van der Waals surface area (Å²) in [6.45, 7) is 6.33. The molecule has 6 heteroatoms. The lowest BCUT2D eigenvalue weighted by Gasteiger charge is -2.14. The normalized spacial score (nSPS) is 11.9. The van der Waals surface area contributed by atoms with Crippen LogP contribution in [-0.2, 0) is 4.74 Å². The number of carbonyl (C=O) groups excluding carboxylic acids is 2. The van der Waals surface area contributed by atoms with Crippen molar-refractivity contribution >= 4 is 39.0 Å². The van der Waals surface area contributed by atoms with E-state index in [0.29, 0.717) is 35.7 Å². The Labute approximate surface area is 230 Å². The molecule has 6 nitrogen and oxygen atoms in total. The van der Waals surface area contributed by atoms with Crippen molar-refractivity contribution in [3.05, 3.63) is 83.9 Å². The van der Waals surface area contributed by atoms with Gasteiger partial charge in [-0.15, -0.1) is 0 Å². The molecule has 0 saturated heterocycles. The number of phenols is 1. The number of hydrogen-bond donors (Lipinski definition) is 3. The van der Waals surface area contributed by atoms with E-state index >= 15 is 0 Å². The fourth-order valence-electron chi connectivity index (χ4n) is 4.76. The second-order valence-corrected chi connectivity index (χ2v) is 10.0. The molecule has 0 heterocycles. The predicted molar refractivity (Wildman–Crippen MR) is 159 cm³/mol. The van der Waals surface area contributed by atoms with E-state index in [1.165, 1.54) is 19.3 Å². The Hall–Kier alpha value is -3.90. The molecular formula is C33H38N2O4. The first kappa shape index (κ1) is 28.1. The topological polar surface area (TPSA) is 87.7 Å².